The smallest absolute Gasteiger partial charge is 0.257 e. The van der Waals surface area contributed by atoms with Crippen LogP contribution in [0, 0.1) is 19.8 Å². The van der Waals surface area contributed by atoms with E-state index in [0.29, 0.717) is 12.5 Å². The van der Waals surface area contributed by atoms with Gasteiger partial charge >= 0.3 is 0 Å². The minimum atomic E-state index is -2.36. The van der Waals surface area contributed by atoms with Crippen molar-refractivity contribution in [2.24, 2.45) is 5.92 Å². The molecule has 0 aliphatic carbocycles. The van der Waals surface area contributed by atoms with E-state index in [1.165, 1.54) is 4.68 Å². The van der Waals surface area contributed by atoms with Gasteiger partial charge in [-0.25, -0.2) is 8.78 Å². The van der Waals surface area contributed by atoms with Gasteiger partial charge in [-0.15, -0.1) is 0 Å². The van der Waals surface area contributed by atoms with Crippen LogP contribution in [0.2, 0.25) is 0 Å². The van der Waals surface area contributed by atoms with Gasteiger partial charge in [0.1, 0.15) is 6.54 Å². The van der Waals surface area contributed by atoms with E-state index in [2.05, 4.69) is 24.3 Å². The average Bonchev–Trinajstić information content (AvgIpc) is 2.44. The molecule has 0 saturated carbocycles. The van der Waals surface area contributed by atoms with Crippen molar-refractivity contribution in [2.75, 3.05) is 6.54 Å². The maximum atomic E-state index is 12.3. The molecular formula is C12H21F2N3. The Hall–Kier alpha value is -0.970. The Bertz CT molecular complexity index is 359. The lowest BCUT2D eigenvalue weighted by Gasteiger charge is -2.08. The Labute approximate surface area is 101 Å². The lowest BCUT2D eigenvalue weighted by molar-refractivity contribution is 0.121. The number of aromatic nitrogens is 2. The van der Waals surface area contributed by atoms with Crippen LogP contribution in [0.15, 0.2) is 0 Å². The van der Waals surface area contributed by atoms with Gasteiger partial charge in [0, 0.05) is 17.8 Å². The van der Waals surface area contributed by atoms with Crippen LogP contribution in [-0.2, 0) is 13.1 Å². The van der Waals surface area contributed by atoms with Crippen LogP contribution in [-0.4, -0.2) is 22.8 Å². The van der Waals surface area contributed by atoms with Crippen LogP contribution >= 0.6 is 0 Å². The number of hydrogen-bond acceptors (Lipinski definition) is 2. The molecular weight excluding hydrogens is 224 g/mol. The highest BCUT2D eigenvalue weighted by molar-refractivity contribution is 5.24. The molecule has 5 heteroatoms. The van der Waals surface area contributed by atoms with E-state index in [1.54, 1.807) is 0 Å². The first-order valence-electron chi connectivity index (χ1n) is 5.93. The van der Waals surface area contributed by atoms with Crippen LogP contribution in [0.1, 0.15) is 30.8 Å². The Balaban J connectivity index is 2.68. The summed E-state index contributed by atoms with van der Waals surface area (Å²) in [7, 11) is 0. The maximum absolute atomic E-state index is 12.3. The minimum absolute atomic E-state index is 0.323. The second-order valence-electron chi connectivity index (χ2n) is 4.75. The molecule has 1 rings (SSSR count). The molecule has 1 N–H and O–H groups in total. The Morgan fingerprint density at radius 2 is 1.94 bits per heavy atom. The van der Waals surface area contributed by atoms with Crippen LogP contribution < -0.4 is 5.32 Å². The minimum Gasteiger partial charge on any atom is -0.312 e. The van der Waals surface area contributed by atoms with Gasteiger partial charge in [-0.3, -0.25) is 4.68 Å². The summed E-state index contributed by atoms with van der Waals surface area (Å²) in [6.45, 7) is 9.25. The molecule has 1 aromatic rings. The molecule has 0 saturated heterocycles. The predicted molar refractivity (Wildman–Crippen MR) is 64.2 cm³/mol. The lowest BCUT2D eigenvalue weighted by atomic mass is 10.2. The lowest BCUT2D eigenvalue weighted by Crippen LogP contribution is -2.19. The first kappa shape index (κ1) is 14.1. The second kappa shape index (κ2) is 6.10. The highest BCUT2D eigenvalue weighted by Crippen LogP contribution is 2.14. The molecule has 0 unspecified atom stereocenters. The van der Waals surface area contributed by atoms with Crippen molar-refractivity contribution in [1.82, 2.24) is 15.1 Å². The fourth-order valence-electron chi connectivity index (χ4n) is 1.78. The fourth-order valence-corrected chi connectivity index (χ4v) is 1.78. The largest absolute Gasteiger partial charge is 0.312 e. The highest BCUT2D eigenvalue weighted by Gasteiger charge is 2.14. The molecule has 0 bridgehead atoms. The molecule has 0 spiro atoms. The predicted octanol–water partition coefficient (Wildman–Crippen LogP) is 2.51. The summed E-state index contributed by atoms with van der Waals surface area (Å²) in [6.07, 6.45) is -2.36. The molecule has 0 amide bonds. The number of rotatable bonds is 6. The normalized spacial score (nSPS) is 11.8. The quantitative estimate of drug-likeness (QED) is 0.834. The standard InChI is InChI=1S/C12H21F2N3/c1-8(2)5-15-6-11-9(3)16-17(10(11)4)7-12(13)14/h8,12,15H,5-7H2,1-4H3. The molecule has 0 fully saturated rings. The molecule has 0 atom stereocenters. The summed E-state index contributed by atoms with van der Waals surface area (Å²) in [6, 6.07) is 0. The van der Waals surface area contributed by atoms with Crippen molar-refractivity contribution < 1.29 is 8.78 Å². The Morgan fingerprint density at radius 1 is 1.29 bits per heavy atom. The molecule has 17 heavy (non-hydrogen) atoms. The van der Waals surface area contributed by atoms with Crippen molar-refractivity contribution in [1.29, 1.82) is 0 Å². The molecule has 3 nitrogen and oxygen atoms in total. The Morgan fingerprint density at radius 3 is 2.47 bits per heavy atom. The highest BCUT2D eigenvalue weighted by atomic mass is 19.3. The van der Waals surface area contributed by atoms with Gasteiger partial charge in [-0.1, -0.05) is 13.8 Å². The summed E-state index contributed by atoms with van der Waals surface area (Å²) in [5.74, 6) is 0.576. The van der Waals surface area contributed by atoms with Crippen molar-refractivity contribution in [3.8, 4) is 0 Å². The number of aryl methyl sites for hydroxylation is 1. The van der Waals surface area contributed by atoms with Gasteiger partial charge in [0.2, 0.25) is 0 Å². The molecule has 0 aromatic carbocycles. The Kier molecular flexibility index (Phi) is 5.05. The maximum Gasteiger partial charge on any atom is 0.257 e. The molecule has 1 heterocycles. The monoisotopic (exact) mass is 245 g/mol. The van der Waals surface area contributed by atoms with Gasteiger partial charge in [0.25, 0.3) is 6.43 Å². The summed E-state index contributed by atoms with van der Waals surface area (Å²) >= 11 is 0. The van der Waals surface area contributed by atoms with Gasteiger partial charge in [0.15, 0.2) is 0 Å². The van der Waals surface area contributed by atoms with Crippen molar-refractivity contribution in [2.45, 2.75) is 47.2 Å². The average molecular weight is 245 g/mol. The van der Waals surface area contributed by atoms with Gasteiger partial charge in [-0.2, -0.15) is 5.10 Å². The zero-order valence-corrected chi connectivity index (χ0v) is 10.9. The van der Waals surface area contributed by atoms with E-state index in [0.717, 1.165) is 23.5 Å². The van der Waals surface area contributed by atoms with E-state index in [1.807, 2.05) is 13.8 Å². The third-order valence-electron chi connectivity index (χ3n) is 2.70. The topological polar surface area (TPSA) is 29.9 Å². The van der Waals surface area contributed by atoms with E-state index in [4.69, 9.17) is 0 Å². The van der Waals surface area contributed by atoms with E-state index < -0.39 is 6.43 Å². The molecule has 1 aromatic heterocycles. The van der Waals surface area contributed by atoms with Crippen LogP contribution in [0.5, 0.6) is 0 Å². The summed E-state index contributed by atoms with van der Waals surface area (Å²) < 4.78 is 26.0. The second-order valence-corrected chi connectivity index (χ2v) is 4.75. The molecule has 0 aliphatic heterocycles. The number of nitrogens with zero attached hydrogens (tertiary/aromatic N) is 2. The van der Waals surface area contributed by atoms with Crippen LogP contribution in [0.25, 0.3) is 0 Å². The first-order valence-corrected chi connectivity index (χ1v) is 5.93. The van der Waals surface area contributed by atoms with Crippen LogP contribution in [0.4, 0.5) is 8.78 Å². The van der Waals surface area contributed by atoms with Crippen molar-refractivity contribution in [3.05, 3.63) is 17.0 Å². The third-order valence-corrected chi connectivity index (χ3v) is 2.70. The number of halogens is 2. The van der Waals surface area contributed by atoms with E-state index >= 15 is 0 Å². The summed E-state index contributed by atoms with van der Waals surface area (Å²) in [5, 5.41) is 7.45. The van der Waals surface area contributed by atoms with Crippen molar-refractivity contribution >= 4 is 0 Å². The number of nitrogens with one attached hydrogen (secondary N) is 1. The zero-order chi connectivity index (χ0) is 13.0. The van der Waals surface area contributed by atoms with Gasteiger partial charge < -0.3 is 5.32 Å². The number of hydrogen-bond donors (Lipinski definition) is 1. The third kappa shape index (κ3) is 4.07. The first-order chi connectivity index (χ1) is 7.91. The summed E-state index contributed by atoms with van der Waals surface area (Å²) in [5.41, 5.74) is 2.70. The molecule has 0 aliphatic rings. The van der Waals surface area contributed by atoms with E-state index in [-0.39, 0.29) is 6.54 Å². The SMILES string of the molecule is Cc1nn(CC(F)F)c(C)c1CNCC(C)C. The van der Waals surface area contributed by atoms with Crippen LogP contribution in [0.3, 0.4) is 0 Å². The van der Waals surface area contributed by atoms with Gasteiger partial charge in [0.05, 0.1) is 5.69 Å². The fraction of sp³-hybridized carbons (Fsp3) is 0.750. The number of alkyl halides is 2. The zero-order valence-electron chi connectivity index (χ0n) is 10.9. The van der Waals surface area contributed by atoms with Crippen molar-refractivity contribution in [3.63, 3.8) is 0 Å². The van der Waals surface area contributed by atoms with E-state index in [9.17, 15) is 8.78 Å². The summed E-state index contributed by atoms with van der Waals surface area (Å²) in [4.78, 5) is 0. The van der Waals surface area contributed by atoms with Gasteiger partial charge in [-0.05, 0) is 26.3 Å². The molecule has 0 radical (unpaired) electrons. The molecule has 98 valence electrons.